The molecule has 0 aliphatic carbocycles. The third kappa shape index (κ3) is 1.94. The second kappa shape index (κ2) is 3.79. The van der Waals surface area contributed by atoms with Crippen LogP contribution >= 0.6 is 33.9 Å². The summed E-state index contributed by atoms with van der Waals surface area (Å²) in [6.45, 7) is 2.02. The normalized spacial score (nSPS) is 10.6. The fourth-order valence-electron chi connectivity index (χ4n) is 1.17. The van der Waals surface area contributed by atoms with E-state index in [4.69, 9.17) is 4.74 Å². The first-order chi connectivity index (χ1) is 6.29. The molecule has 2 rings (SSSR count). The molecule has 0 atom stereocenters. The number of hydrogen-bond donors (Lipinski definition) is 0. The molecule has 0 bridgehead atoms. The molecule has 0 N–H and O–H groups in total. The topological polar surface area (TPSA) is 22.1 Å². The molecular formula is C9H8INOS. The number of rotatable bonds is 2. The van der Waals surface area contributed by atoms with Gasteiger partial charge in [0, 0.05) is 0 Å². The van der Waals surface area contributed by atoms with Crippen molar-refractivity contribution in [2.24, 2.45) is 0 Å². The summed E-state index contributed by atoms with van der Waals surface area (Å²) in [5.41, 5.74) is 1.06. The van der Waals surface area contributed by atoms with Crippen molar-refractivity contribution in [2.75, 3.05) is 4.61 Å². The third-order valence-electron chi connectivity index (χ3n) is 1.69. The Morgan fingerprint density at radius 3 is 3.15 bits per heavy atom. The molecule has 4 heteroatoms. The molecular weight excluding hydrogens is 297 g/mol. The molecule has 0 radical (unpaired) electrons. The summed E-state index contributed by atoms with van der Waals surface area (Å²) in [5, 5.41) is 1.10. The van der Waals surface area contributed by atoms with E-state index in [1.807, 2.05) is 25.1 Å². The minimum atomic E-state index is 0.682. The summed E-state index contributed by atoms with van der Waals surface area (Å²) in [7, 11) is 0. The standard InChI is InChI=1S/C9H8INOS/c1-6-11-8-3-2-7(12-5-10)4-9(8)13-6/h2-4H,5H2,1H3. The molecule has 2 aromatic rings. The summed E-state index contributed by atoms with van der Waals surface area (Å²) >= 11 is 3.88. The molecule has 0 aliphatic rings. The van der Waals surface area contributed by atoms with Crippen LogP contribution in [0.1, 0.15) is 5.01 Å². The number of hydrogen-bond acceptors (Lipinski definition) is 3. The molecule has 2 nitrogen and oxygen atoms in total. The highest BCUT2D eigenvalue weighted by molar-refractivity contribution is 14.1. The number of aryl methyl sites for hydroxylation is 1. The van der Waals surface area contributed by atoms with Gasteiger partial charge >= 0.3 is 0 Å². The highest BCUT2D eigenvalue weighted by Crippen LogP contribution is 2.25. The van der Waals surface area contributed by atoms with Crippen molar-refractivity contribution in [3.8, 4) is 5.75 Å². The van der Waals surface area contributed by atoms with E-state index in [1.54, 1.807) is 11.3 Å². The first-order valence-corrected chi connectivity index (χ1v) is 6.20. The minimum absolute atomic E-state index is 0.682. The summed E-state index contributed by atoms with van der Waals surface area (Å²) in [5.74, 6) is 0.922. The number of aromatic nitrogens is 1. The number of alkyl halides is 1. The first kappa shape index (κ1) is 9.21. The van der Waals surface area contributed by atoms with Crippen LogP contribution in [0.4, 0.5) is 0 Å². The van der Waals surface area contributed by atoms with Gasteiger partial charge in [0.1, 0.15) is 10.4 Å². The van der Waals surface area contributed by atoms with Crippen LogP contribution in [0.2, 0.25) is 0 Å². The van der Waals surface area contributed by atoms with Crippen molar-refractivity contribution in [3.63, 3.8) is 0 Å². The van der Waals surface area contributed by atoms with E-state index in [1.165, 1.54) is 4.70 Å². The molecule has 0 unspecified atom stereocenters. The van der Waals surface area contributed by atoms with Crippen molar-refractivity contribution in [1.29, 1.82) is 0 Å². The lowest BCUT2D eigenvalue weighted by Crippen LogP contribution is -1.86. The van der Waals surface area contributed by atoms with Gasteiger partial charge in [0.05, 0.1) is 15.2 Å². The molecule has 1 aromatic heterocycles. The summed E-state index contributed by atoms with van der Waals surface area (Å²) in [6, 6.07) is 6.00. The monoisotopic (exact) mass is 305 g/mol. The predicted octanol–water partition coefficient (Wildman–Crippen LogP) is 3.38. The average Bonchev–Trinajstić information content (AvgIpc) is 2.44. The lowest BCUT2D eigenvalue weighted by atomic mass is 10.3. The second-order valence-corrected chi connectivity index (χ2v) is 4.47. The smallest absolute Gasteiger partial charge is 0.139 e. The fraction of sp³-hybridized carbons (Fsp3) is 0.222. The van der Waals surface area contributed by atoms with E-state index in [0.717, 1.165) is 16.3 Å². The molecule has 0 amide bonds. The molecule has 0 aliphatic heterocycles. The van der Waals surface area contributed by atoms with Gasteiger partial charge in [-0.2, -0.15) is 0 Å². The SMILES string of the molecule is Cc1nc2ccc(OCI)cc2s1. The summed E-state index contributed by atoms with van der Waals surface area (Å²) in [6.07, 6.45) is 0. The number of ether oxygens (including phenoxy) is 1. The largest absolute Gasteiger partial charge is 0.483 e. The van der Waals surface area contributed by atoms with Crippen LogP contribution in [0, 0.1) is 6.92 Å². The lowest BCUT2D eigenvalue weighted by Gasteiger charge is -1.99. The number of thiazole rings is 1. The Kier molecular flexibility index (Phi) is 2.69. The van der Waals surface area contributed by atoms with Crippen LogP contribution in [-0.2, 0) is 0 Å². The van der Waals surface area contributed by atoms with Gasteiger partial charge in [0.2, 0.25) is 0 Å². The highest BCUT2D eigenvalue weighted by atomic mass is 127. The number of nitrogens with zero attached hydrogens (tertiary/aromatic N) is 1. The molecule has 1 heterocycles. The van der Waals surface area contributed by atoms with Gasteiger partial charge in [-0.15, -0.1) is 11.3 Å². The maximum atomic E-state index is 5.39. The Balaban J connectivity index is 2.48. The van der Waals surface area contributed by atoms with E-state index in [-0.39, 0.29) is 0 Å². The predicted molar refractivity (Wildman–Crippen MR) is 63.9 cm³/mol. The molecule has 0 saturated heterocycles. The summed E-state index contributed by atoms with van der Waals surface area (Å²) in [4.78, 5) is 4.38. The van der Waals surface area contributed by atoms with E-state index < -0.39 is 0 Å². The van der Waals surface area contributed by atoms with E-state index in [2.05, 4.69) is 27.6 Å². The fourth-order valence-corrected chi connectivity index (χ4v) is 2.39. The Morgan fingerprint density at radius 1 is 1.54 bits per heavy atom. The number of fused-ring (bicyclic) bond motifs is 1. The summed E-state index contributed by atoms with van der Waals surface area (Å²) < 4.78 is 7.26. The zero-order valence-corrected chi connectivity index (χ0v) is 10.1. The Labute approximate surface area is 94.1 Å². The van der Waals surface area contributed by atoms with Crippen LogP contribution in [0.3, 0.4) is 0 Å². The zero-order valence-electron chi connectivity index (χ0n) is 7.08. The van der Waals surface area contributed by atoms with Gasteiger partial charge in [-0.05, 0) is 47.7 Å². The first-order valence-electron chi connectivity index (χ1n) is 3.85. The Hall–Kier alpha value is -0.360. The molecule has 0 saturated carbocycles. The number of benzene rings is 1. The number of halogens is 1. The van der Waals surface area contributed by atoms with Crippen molar-refractivity contribution in [1.82, 2.24) is 4.98 Å². The lowest BCUT2D eigenvalue weighted by molar-refractivity contribution is 0.405. The van der Waals surface area contributed by atoms with Crippen LogP contribution in [0.25, 0.3) is 10.2 Å². The van der Waals surface area contributed by atoms with E-state index in [0.29, 0.717) is 4.61 Å². The molecule has 68 valence electrons. The van der Waals surface area contributed by atoms with Gasteiger partial charge in [0.15, 0.2) is 0 Å². The average molecular weight is 305 g/mol. The van der Waals surface area contributed by atoms with Crippen LogP contribution in [-0.4, -0.2) is 9.60 Å². The molecule has 1 aromatic carbocycles. The molecule has 13 heavy (non-hydrogen) atoms. The van der Waals surface area contributed by atoms with Gasteiger partial charge in [-0.3, -0.25) is 0 Å². The van der Waals surface area contributed by atoms with Crippen LogP contribution < -0.4 is 4.74 Å². The quantitative estimate of drug-likeness (QED) is 0.627. The van der Waals surface area contributed by atoms with Crippen molar-refractivity contribution in [2.45, 2.75) is 6.92 Å². The van der Waals surface area contributed by atoms with Crippen LogP contribution in [0.5, 0.6) is 5.75 Å². The van der Waals surface area contributed by atoms with E-state index in [9.17, 15) is 0 Å². The van der Waals surface area contributed by atoms with Gasteiger partial charge in [-0.25, -0.2) is 4.98 Å². The third-order valence-corrected chi connectivity index (χ3v) is 2.93. The maximum absolute atomic E-state index is 5.39. The Morgan fingerprint density at radius 2 is 2.38 bits per heavy atom. The van der Waals surface area contributed by atoms with Crippen molar-refractivity contribution in [3.05, 3.63) is 23.2 Å². The van der Waals surface area contributed by atoms with Crippen molar-refractivity contribution < 1.29 is 4.74 Å². The molecule has 0 fully saturated rings. The highest BCUT2D eigenvalue weighted by Gasteiger charge is 2.01. The molecule has 0 spiro atoms. The second-order valence-electron chi connectivity index (χ2n) is 2.62. The van der Waals surface area contributed by atoms with Gasteiger partial charge in [0.25, 0.3) is 0 Å². The van der Waals surface area contributed by atoms with Crippen LogP contribution in [0.15, 0.2) is 18.2 Å². The maximum Gasteiger partial charge on any atom is 0.139 e. The zero-order chi connectivity index (χ0) is 9.26. The Bertz CT molecular complexity index is 426. The van der Waals surface area contributed by atoms with Gasteiger partial charge in [-0.1, -0.05) is 0 Å². The van der Waals surface area contributed by atoms with Crippen molar-refractivity contribution >= 4 is 44.1 Å². The van der Waals surface area contributed by atoms with E-state index >= 15 is 0 Å². The minimum Gasteiger partial charge on any atom is -0.483 e. The van der Waals surface area contributed by atoms with Gasteiger partial charge < -0.3 is 4.74 Å².